The number of halogens is 5. The first-order valence-corrected chi connectivity index (χ1v) is 10.7. The van der Waals surface area contributed by atoms with Gasteiger partial charge < -0.3 is 13.8 Å². The topological polar surface area (TPSA) is 73.9 Å². The molecule has 1 aliphatic carbocycles. The molecule has 1 unspecified atom stereocenters. The van der Waals surface area contributed by atoms with Crippen LogP contribution in [0.1, 0.15) is 26.2 Å². The van der Waals surface area contributed by atoms with E-state index in [1.165, 1.54) is 31.2 Å². The third-order valence-corrected chi connectivity index (χ3v) is 5.97. The minimum Gasteiger partial charge on any atom is -0.461 e. The number of carbonyl (C=O) groups is 1. The van der Waals surface area contributed by atoms with Crippen molar-refractivity contribution in [2.45, 2.75) is 38.3 Å². The van der Waals surface area contributed by atoms with Crippen LogP contribution in [0.15, 0.2) is 30.3 Å². The summed E-state index contributed by atoms with van der Waals surface area (Å²) in [5.74, 6) is -14.5. The molecule has 31 heavy (non-hydrogen) atoms. The van der Waals surface area contributed by atoms with Gasteiger partial charge in [-0.2, -0.15) is 13.9 Å². The Bertz CT molecular complexity index is 989. The van der Waals surface area contributed by atoms with Gasteiger partial charge in [-0.25, -0.2) is 17.7 Å². The van der Waals surface area contributed by atoms with Crippen molar-refractivity contribution in [3.8, 4) is 11.5 Å². The highest BCUT2D eigenvalue weighted by molar-refractivity contribution is 7.52. The number of rotatable bonds is 8. The van der Waals surface area contributed by atoms with Gasteiger partial charge >= 0.3 is 13.7 Å². The van der Waals surface area contributed by atoms with E-state index in [-0.39, 0.29) is 11.9 Å². The molecule has 3 rings (SSSR count). The van der Waals surface area contributed by atoms with E-state index in [1.807, 2.05) is 0 Å². The first-order chi connectivity index (χ1) is 14.6. The number of carbonyl (C=O) groups excluding carboxylic acids is 1. The summed E-state index contributed by atoms with van der Waals surface area (Å²) in [4.78, 5) is 12.2. The second kappa shape index (κ2) is 9.23. The van der Waals surface area contributed by atoms with Crippen LogP contribution in [0.5, 0.6) is 11.5 Å². The first kappa shape index (κ1) is 23.0. The van der Waals surface area contributed by atoms with E-state index in [0.717, 1.165) is 6.42 Å². The average Bonchev–Trinajstić information content (AvgIpc) is 2.71. The van der Waals surface area contributed by atoms with Crippen LogP contribution in [0.3, 0.4) is 0 Å². The summed E-state index contributed by atoms with van der Waals surface area (Å²) >= 11 is 0. The molecule has 6 nitrogen and oxygen atoms in total. The van der Waals surface area contributed by atoms with Gasteiger partial charge in [-0.3, -0.25) is 4.79 Å². The van der Waals surface area contributed by atoms with Gasteiger partial charge in [0.2, 0.25) is 34.8 Å². The van der Waals surface area contributed by atoms with Gasteiger partial charge in [-0.05, 0) is 38.3 Å². The van der Waals surface area contributed by atoms with Crippen molar-refractivity contribution in [2.24, 2.45) is 0 Å². The number of ether oxygens (including phenoxy) is 1. The monoisotopic (exact) mass is 465 g/mol. The Morgan fingerprint density at radius 2 is 1.52 bits per heavy atom. The highest BCUT2D eigenvalue weighted by atomic mass is 31.2. The molecule has 1 saturated carbocycles. The SMILES string of the molecule is CC(N[P@](=O)(Oc1ccccc1)Oc1c(F)c(F)c(F)c(F)c1F)C(=O)OC1CCC1. The van der Waals surface area contributed by atoms with Crippen molar-refractivity contribution in [2.75, 3.05) is 0 Å². The molecule has 0 spiro atoms. The molecule has 12 heteroatoms. The van der Waals surface area contributed by atoms with Crippen molar-refractivity contribution < 1.29 is 45.1 Å². The molecule has 0 radical (unpaired) electrons. The van der Waals surface area contributed by atoms with Gasteiger partial charge in [0.05, 0.1) is 0 Å². The zero-order valence-electron chi connectivity index (χ0n) is 16.0. The molecule has 2 aromatic rings. The molecular weight excluding hydrogens is 448 g/mol. The maximum Gasteiger partial charge on any atom is 0.513 e. The number of benzene rings is 2. The van der Waals surface area contributed by atoms with E-state index in [2.05, 4.69) is 9.61 Å². The number of para-hydroxylation sites is 1. The number of hydrogen-bond acceptors (Lipinski definition) is 5. The van der Waals surface area contributed by atoms with E-state index in [9.17, 15) is 31.3 Å². The zero-order chi connectivity index (χ0) is 22.8. The first-order valence-electron chi connectivity index (χ1n) is 9.15. The Morgan fingerprint density at radius 1 is 0.968 bits per heavy atom. The normalized spacial score (nSPS) is 16.7. The average molecular weight is 465 g/mol. The number of esters is 1. The van der Waals surface area contributed by atoms with Gasteiger partial charge in [0.25, 0.3) is 0 Å². The number of nitrogens with one attached hydrogen (secondary N) is 1. The molecule has 0 bridgehead atoms. The van der Waals surface area contributed by atoms with Gasteiger partial charge in [-0.1, -0.05) is 18.2 Å². The number of hydrogen-bond donors (Lipinski definition) is 1. The lowest BCUT2D eigenvalue weighted by Crippen LogP contribution is -2.39. The Kier molecular flexibility index (Phi) is 6.86. The quantitative estimate of drug-likeness (QED) is 0.194. The van der Waals surface area contributed by atoms with Crippen LogP contribution in [-0.4, -0.2) is 18.1 Å². The molecule has 1 N–H and O–H groups in total. The molecule has 1 aliphatic rings. The van der Waals surface area contributed by atoms with Gasteiger partial charge in [0.1, 0.15) is 17.9 Å². The minimum atomic E-state index is -4.90. The van der Waals surface area contributed by atoms with Gasteiger partial charge in [0.15, 0.2) is 0 Å². The smallest absolute Gasteiger partial charge is 0.461 e. The van der Waals surface area contributed by atoms with Crippen LogP contribution in [0, 0.1) is 29.1 Å². The molecule has 168 valence electrons. The Labute approximate surface area is 173 Å². The van der Waals surface area contributed by atoms with Crippen LogP contribution in [0.4, 0.5) is 22.0 Å². The fraction of sp³-hybridized carbons (Fsp3) is 0.316. The minimum absolute atomic E-state index is 0.123. The molecule has 1 fully saturated rings. The summed E-state index contributed by atoms with van der Waals surface area (Å²) in [6.07, 6.45) is 1.86. The summed E-state index contributed by atoms with van der Waals surface area (Å²) < 4.78 is 96.6. The maximum atomic E-state index is 14.1. The zero-order valence-corrected chi connectivity index (χ0v) is 16.9. The van der Waals surface area contributed by atoms with Crippen molar-refractivity contribution >= 4 is 13.7 Å². The lowest BCUT2D eigenvalue weighted by molar-refractivity contribution is -0.154. The van der Waals surface area contributed by atoms with Gasteiger partial charge in [0, 0.05) is 0 Å². The summed E-state index contributed by atoms with van der Waals surface area (Å²) in [6, 6.07) is 5.74. The molecule has 2 aromatic carbocycles. The predicted octanol–water partition coefficient (Wildman–Crippen LogP) is 5.02. The van der Waals surface area contributed by atoms with Crippen LogP contribution >= 0.6 is 7.75 Å². The van der Waals surface area contributed by atoms with Crippen molar-refractivity contribution in [1.82, 2.24) is 5.09 Å². The summed E-state index contributed by atoms with van der Waals surface area (Å²) in [5, 5.41) is 2.12. The fourth-order valence-corrected chi connectivity index (χ4v) is 4.04. The molecule has 0 aliphatic heterocycles. The lowest BCUT2D eigenvalue weighted by Gasteiger charge is -2.28. The third-order valence-electron chi connectivity index (χ3n) is 4.39. The van der Waals surface area contributed by atoms with E-state index in [0.29, 0.717) is 12.8 Å². The maximum absolute atomic E-state index is 14.1. The van der Waals surface area contributed by atoms with Crippen molar-refractivity contribution in [1.29, 1.82) is 0 Å². The van der Waals surface area contributed by atoms with Crippen LogP contribution < -0.4 is 14.1 Å². The highest BCUT2D eigenvalue weighted by Crippen LogP contribution is 2.47. The predicted molar refractivity (Wildman–Crippen MR) is 97.9 cm³/mol. The summed E-state index contributed by atoms with van der Waals surface area (Å²) in [5.41, 5.74) is 0. The van der Waals surface area contributed by atoms with E-state index >= 15 is 0 Å². The largest absolute Gasteiger partial charge is 0.513 e. The molecule has 0 aromatic heterocycles. The van der Waals surface area contributed by atoms with Crippen molar-refractivity contribution in [3.63, 3.8) is 0 Å². The molecule has 2 atom stereocenters. The van der Waals surface area contributed by atoms with Crippen LogP contribution in [0.25, 0.3) is 0 Å². The Hall–Kier alpha value is -2.65. The second-order valence-corrected chi connectivity index (χ2v) is 8.35. The standard InChI is InChI=1S/C19H17F5NO5P/c1-10(19(26)28-11-8-5-9-11)25-31(27,29-12-6-3-2-4-7-12)30-18-16(23)14(21)13(20)15(22)17(18)24/h2-4,6-7,10-11H,5,8-9H2,1H3,(H,25,27)/t10?,31-/m0/s1. The summed E-state index contributed by atoms with van der Waals surface area (Å²) in [7, 11) is -4.90. The second-order valence-electron chi connectivity index (χ2n) is 6.73. The van der Waals surface area contributed by atoms with Gasteiger partial charge in [-0.15, -0.1) is 0 Å². The fourth-order valence-electron chi connectivity index (χ4n) is 2.52. The molecule has 0 heterocycles. The molecular formula is C19H17F5NO5P. The van der Waals surface area contributed by atoms with E-state index in [4.69, 9.17) is 9.26 Å². The Balaban J connectivity index is 1.91. The van der Waals surface area contributed by atoms with Crippen LogP contribution in [-0.2, 0) is 14.1 Å². The third kappa shape index (κ3) is 5.16. The Morgan fingerprint density at radius 3 is 2.03 bits per heavy atom. The molecule has 0 amide bonds. The van der Waals surface area contributed by atoms with Crippen LogP contribution in [0.2, 0.25) is 0 Å². The highest BCUT2D eigenvalue weighted by Gasteiger charge is 2.39. The van der Waals surface area contributed by atoms with E-state index in [1.54, 1.807) is 6.07 Å². The lowest BCUT2D eigenvalue weighted by atomic mass is 9.96. The summed E-state index contributed by atoms with van der Waals surface area (Å²) in [6.45, 7) is 1.21. The molecule has 0 saturated heterocycles. The van der Waals surface area contributed by atoms with Crippen molar-refractivity contribution in [3.05, 3.63) is 59.4 Å². The van der Waals surface area contributed by atoms with E-state index < -0.39 is 54.6 Å².